The molecular formula is C13H17BrFNO2. The molecule has 100 valence electrons. The van der Waals surface area contributed by atoms with Crippen LogP contribution in [0.3, 0.4) is 0 Å². The number of rotatable bonds is 3. The first-order valence-corrected chi connectivity index (χ1v) is 6.90. The van der Waals surface area contributed by atoms with E-state index in [9.17, 15) is 9.50 Å². The van der Waals surface area contributed by atoms with Crippen molar-refractivity contribution in [1.82, 2.24) is 5.32 Å². The molecule has 1 heterocycles. The molecule has 2 rings (SSSR count). The molecule has 5 heteroatoms. The van der Waals surface area contributed by atoms with Gasteiger partial charge in [0.15, 0.2) is 11.5 Å². The molecular weight excluding hydrogens is 301 g/mol. The fourth-order valence-electron chi connectivity index (χ4n) is 2.35. The lowest BCUT2D eigenvalue weighted by Crippen LogP contribution is -2.35. The minimum Gasteiger partial charge on any atom is -0.504 e. The Bertz CT molecular complexity index is 433. The van der Waals surface area contributed by atoms with E-state index in [1.165, 1.54) is 20.0 Å². The SMILES string of the molecule is COc1c(O)cc(F)c(CC2CCCCN2)c1Br. The molecule has 0 aromatic heterocycles. The lowest BCUT2D eigenvalue weighted by Gasteiger charge is -2.24. The van der Waals surface area contributed by atoms with Gasteiger partial charge in [-0.15, -0.1) is 0 Å². The summed E-state index contributed by atoms with van der Waals surface area (Å²) in [6.07, 6.45) is 4.00. The molecule has 0 aliphatic carbocycles. The number of piperidine rings is 1. The summed E-state index contributed by atoms with van der Waals surface area (Å²) in [4.78, 5) is 0. The first-order chi connectivity index (χ1) is 8.63. The molecule has 0 spiro atoms. The quantitative estimate of drug-likeness (QED) is 0.900. The maximum atomic E-state index is 13.9. The van der Waals surface area contributed by atoms with E-state index in [2.05, 4.69) is 21.2 Å². The van der Waals surface area contributed by atoms with Crippen LogP contribution in [0.2, 0.25) is 0 Å². The second kappa shape index (κ2) is 5.89. The van der Waals surface area contributed by atoms with Gasteiger partial charge >= 0.3 is 0 Å². The van der Waals surface area contributed by atoms with E-state index >= 15 is 0 Å². The molecule has 0 amide bonds. The summed E-state index contributed by atoms with van der Waals surface area (Å²) in [5.41, 5.74) is 0.559. The standard InChI is InChI=1S/C13H17BrFNO2/c1-18-13-11(17)7-10(15)9(12(13)14)6-8-4-2-3-5-16-8/h7-8,16-17H,2-6H2,1H3. The zero-order chi connectivity index (χ0) is 13.1. The molecule has 2 N–H and O–H groups in total. The summed E-state index contributed by atoms with van der Waals surface area (Å²) in [5.74, 6) is -0.281. The van der Waals surface area contributed by atoms with Gasteiger partial charge in [-0.2, -0.15) is 0 Å². The number of halogens is 2. The third-order valence-corrected chi connectivity index (χ3v) is 4.15. The van der Waals surface area contributed by atoms with Crippen LogP contribution < -0.4 is 10.1 Å². The van der Waals surface area contributed by atoms with Crippen molar-refractivity contribution in [2.24, 2.45) is 0 Å². The molecule has 1 aromatic carbocycles. The Balaban J connectivity index is 2.26. The summed E-state index contributed by atoms with van der Waals surface area (Å²) in [5, 5.41) is 13.0. The van der Waals surface area contributed by atoms with E-state index in [0.717, 1.165) is 19.0 Å². The lowest BCUT2D eigenvalue weighted by molar-refractivity contribution is 0.363. The largest absolute Gasteiger partial charge is 0.504 e. The van der Waals surface area contributed by atoms with Crippen LogP contribution in [0, 0.1) is 5.82 Å². The van der Waals surface area contributed by atoms with Gasteiger partial charge in [0.25, 0.3) is 0 Å². The van der Waals surface area contributed by atoms with Crippen LogP contribution in [-0.2, 0) is 6.42 Å². The Morgan fingerprint density at radius 2 is 2.33 bits per heavy atom. The van der Waals surface area contributed by atoms with Crippen molar-refractivity contribution >= 4 is 15.9 Å². The van der Waals surface area contributed by atoms with Crippen LogP contribution in [0.5, 0.6) is 11.5 Å². The van der Waals surface area contributed by atoms with Gasteiger partial charge in [-0.25, -0.2) is 4.39 Å². The van der Waals surface area contributed by atoms with E-state index in [4.69, 9.17) is 4.74 Å². The Labute approximate surface area is 114 Å². The number of hydrogen-bond donors (Lipinski definition) is 2. The highest BCUT2D eigenvalue weighted by atomic mass is 79.9. The number of phenolic OH excluding ortho intramolecular Hbond substituents is 1. The highest BCUT2D eigenvalue weighted by molar-refractivity contribution is 9.10. The monoisotopic (exact) mass is 317 g/mol. The van der Waals surface area contributed by atoms with Gasteiger partial charge in [-0.05, 0) is 41.7 Å². The molecule has 1 atom stereocenters. The Morgan fingerprint density at radius 3 is 2.94 bits per heavy atom. The van der Waals surface area contributed by atoms with E-state index in [1.807, 2.05) is 0 Å². The molecule has 18 heavy (non-hydrogen) atoms. The van der Waals surface area contributed by atoms with Crippen LogP contribution in [0.25, 0.3) is 0 Å². The van der Waals surface area contributed by atoms with Gasteiger partial charge in [0, 0.05) is 17.7 Å². The maximum Gasteiger partial charge on any atom is 0.175 e. The molecule has 1 aromatic rings. The summed E-state index contributed by atoms with van der Waals surface area (Å²) in [6, 6.07) is 1.40. The van der Waals surface area contributed by atoms with Crippen molar-refractivity contribution in [3.63, 3.8) is 0 Å². The summed E-state index contributed by atoms with van der Waals surface area (Å²) >= 11 is 3.32. The van der Waals surface area contributed by atoms with Gasteiger partial charge in [0.2, 0.25) is 0 Å². The van der Waals surface area contributed by atoms with Crippen LogP contribution in [0.1, 0.15) is 24.8 Å². The van der Waals surface area contributed by atoms with Crippen molar-refractivity contribution in [1.29, 1.82) is 0 Å². The van der Waals surface area contributed by atoms with Crippen LogP contribution in [0.4, 0.5) is 4.39 Å². The third kappa shape index (κ3) is 2.78. The Kier molecular flexibility index (Phi) is 4.45. The van der Waals surface area contributed by atoms with Crippen LogP contribution in [0.15, 0.2) is 10.5 Å². The van der Waals surface area contributed by atoms with Gasteiger partial charge in [-0.1, -0.05) is 6.42 Å². The fraction of sp³-hybridized carbons (Fsp3) is 0.538. The summed E-state index contributed by atoms with van der Waals surface area (Å²) in [6.45, 7) is 0.985. The van der Waals surface area contributed by atoms with Crippen molar-refractivity contribution in [2.45, 2.75) is 31.7 Å². The predicted octanol–water partition coefficient (Wildman–Crippen LogP) is 2.99. The first kappa shape index (κ1) is 13.6. The van der Waals surface area contributed by atoms with Gasteiger partial charge in [0.1, 0.15) is 5.82 Å². The third-order valence-electron chi connectivity index (χ3n) is 3.32. The highest BCUT2D eigenvalue weighted by Gasteiger charge is 2.21. The van der Waals surface area contributed by atoms with Crippen LogP contribution in [-0.4, -0.2) is 24.8 Å². The average Bonchev–Trinajstić information content (AvgIpc) is 2.36. The number of methoxy groups -OCH3 is 1. The van der Waals surface area contributed by atoms with E-state index in [1.54, 1.807) is 0 Å². The Hall–Kier alpha value is -0.810. The van der Waals surface area contributed by atoms with E-state index in [-0.39, 0.29) is 5.75 Å². The maximum absolute atomic E-state index is 13.9. The molecule has 1 unspecified atom stereocenters. The summed E-state index contributed by atoms with van der Waals surface area (Å²) < 4.78 is 19.5. The van der Waals surface area contributed by atoms with E-state index in [0.29, 0.717) is 28.2 Å². The lowest BCUT2D eigenvalue weighted by atomic mass is 9.97. The van der Waals surface area contributed by atoms with Crippen LogP contribution >= 0.6 is 15.9 Å². The number of phenols is 1. The topological polar surface area (TPSA) is 41.5 Å². The zero-order valence-electron chi connectivity index (χ0n) is 10.3. The normalized spacial score (nSPS) is 19.8. The van der Waals surface area contributed by atoms with Gasteiger partial charge < -0.3 is 15.2 Å². The molecule has 0 bridgehead atoms. The summed E-state index contributed by atoms with van der Waals surface area (Å²) in [7, 11) is 1.46. The number of aromatic hydroxyl groups is 1. The van der Waals surface area contributed by atoms with Gasteiger partial charge in [0.05, 0.1) is 11.6 Å². The van der Waals surface area contributed by atoms with Crippen molar-refractivity contribution < 1.29 is 14.2 Å². The number of hydrogen-bond acceptors (Lipinski definition) is 3. The molecule has 1 aliphatic rings. The predicted molar refractivity (Wildman–Crippen MR) is 71.7 cm³/mol. The number of nitrogens with one attached hydrogen (secondary N) is 1. The number of ether oxygens (including phenoxy) is 1. The molecule has 1 fully saturated rings. The smallest absolute Gasteiger partial charge is 0.175 e. The van der Waals surface area contributed by atoms with Crippen molar-refractivity contribution in [3.05, 3.63) is 21.9 Å². The average molecular weight is 318 g/mol. The Morgan fingerprint density at radius 1 is 1.56 bits per heavy atom. The number of benzene rings is 1. The second-order valence-electron chi connectivity index (χ2n) is 4.55. The zero-order valence-corrected chi connectivity index (χ0v) is 11.9. The minimum absolute atomic E-state index is 0.178. The van der Waals surface area contributed by atoms with Crippen molar-refractivity contribution in [3.8, 4) is 11.5 Å². The minimum atomic E-state index is -0.396. The van der Waals surface area contributed by atoms with E-state index < -0.39 is 5.82 Å². The van der Waals surface area contributed by atoms with Crippen molar-refractivity contribution in [2.75, 3.05) is 13.7 Å². The molecule has 1 saturated heterocycles. The second-order valence-corrected chi connectivity index (χ2v) is 5.35. The van der Waals surface area contributed by atoms with Gasteiger partial charge in [-0.3, -0.25) is 0 Å². The molecule has 3 nitrogen and oxygen atoms in total. The highest BCUT2D eigenvalue weighted by Crippen LogP contribution is 2.39. The first-order valence-electron chi connectivity index (χ1n) is 6.10. The fourth-order valence-corrected chi connectivity index (χ4v) is 3.07. The molecule has 0 saturated carbocycles. The molecule has 0 radical (unpaired) electrons. The molecule has 1 aliphatic heterocycles.